The topological polar surface area (TPSA) is 71.6 Å². The normalized spacial score (nSPS) is 29.1. The second kappa shape index (κ2) is 10.4. The molecule has 0 N–H and O–H groups in total. The zero-order valence-electron chi connectivity index (χ0n) is 22.1. The Balaban J connectivity index is 1.10. The van der Waals surface area contributed by atoms with E-state index in [1.54, 1.807) is 7.11 Å². The Labute approximate surface area is 220 Å². The largest absolute Gasteiger partial charge is 0.447 e. The number of ether oxygens (including phenoxy) is 3. The minimum Gasteiger partial charge on any atom is -0.447 e. The Morgan fingerprint density at radius 1 is 0.946 bits per heavy atom. The van der Waals surface area contributed by atoms with E-state index in [1.807, 2.05) is 9.80 Å². The Morgan fingerprint density at radius 2 is 1.68 bits per heavy atom. The molecular formula is C29H41N3O5. The maximum Gasteiger partial charge on any atom is 0.410 e. The number of hydrogen-bond acceptors (Lipinski definition) is 6. The number of fused-ring (bicyclic) bond motifs is 4. The highest BCUT2D eigenvalue weighted by molar-refractivity contribution is 5.69. The third-order valence-corrected chi connectivity index (χ3v) is 9.72. The van der Waals surface area contributed by atoms with Crippen LogP contribution in [0.2, 0.25) is 0 Å². The van der Waals surface area contributed by atoms with Gasteiger partial charge in [0.15, 0.2) is 0 Å². The van der Waals surface area contributed by atoms with Crippen molar-refractivity contribution in [2.75, 3.05) is 40.0 Å². The highest BCUT2D eigenvalue weighted by Gasteiger charge is 2.48. The lowest BCUT2D eigenvalue weighted by molar-refractivity contribution is 0.00165. The van der Waals surface area contributed by atoms with Gasteiger partial charge in [-0.1, -0.05) is 24.3 Å². The zero-order valence-corrected chi connectivity index (χ0v) is 22.1. The molecule has 8 heteroatoms. The number of carbonyl (C=O) groups is 2. The van der Waals surface area contributed by atoms with Gasteiger partial charge in [-0.15, -0.1) is 0 Å². The van der Waals surface area contributed by atoms with Gasteiger partial charge in [0, 0.05) is 43.7 Å². The molecule has 0 radical (unpaired) electrons. The minimum absolute atomic E-state index is 0.00514. The number of benzene rings is 1. The zero-order chi connectivity index (χ0) is 25.4. The van der Waals surface area contributed by atoms with Gasteiger partial charge in [-0.2, -0.15) is 0 Å². The number of piperidine rings is 2. The van der Waals surface area contributed by atoms with Crippen LogP contribution in [0, 0.1) is 0 Å². The van der Waals surface area contributed by atoms with Crippen LogP contribution in [-0.2, 0) is 26.2 Å². The molecule has 2 bridgehead atoms. The second-order valence-electron chi connectivity index (χ2n) is 11.8. The minimum atomic E-state index is -0.173. The van der Waals surface area contributed by atoms with Crippen molar-refractivity contribution in [3.8, 4) is 0 Å². The lowest BCUT2D eigenvalue weighted by Crippen LogP contribution is -2.58. The lowest BCUT2D eigenvalue weighted by atomic mass is 9.68. The van der Waals surface area contributed by atoms with Crippen LogP contribution in [0.15, 0.2) is 24.3 Å². The molecule has 6 rings (SSSR count). The standard InChI is InChI=1S/C29H41N3O5/c1-35-15-16-36-28(34)32-22-9-10-23(32)18-24(17-22)30-13-11-29(12-14-30)20-31(27(33)37-25-6-4-7-25)19-21-5-2-3-8-26(21)29/h2-3,5,8,22-25H,4,6-7,9-20H2,1H3. The molecule has 4 heterocycles. The highest BCUT2D eigenvalue weighted by Crippen LogP contribution is 2.45. The molecule has 8 nitrogen and oxygen atoms in total. The molecule has 1 aromatic carbocycles. The second-order valence-corrected chi connectivity index (χ2v) is 11.8. The Hall–Kier alpha value is -2.32. The fourth-order valence-electron chi connectivity index (χ4n) is 7.50. The average Bonchev–Trinajstić information content (AvgIpc) is 3.16. The maximum absolute atomic E-state index is 13.0. The fourth-order valence-corrected chi connectivity index (χ4v) is 7.50. The first-order valence-electron chi connectivity index (χ1n) is 14.3. The first-order valence-corrected chi connectivity index (χ1v) is 14.3. The summed E-state index contributed by atoms with van der Waals surface area (Å²) in [4.78, 5) is 32.4. The van der Waals surface area contributed by atoms with E-state index in [4.69, 9.17) is 14.2 Å². The predicted molar refractivity (Wildman–Crippen MR) is 138 cm³/mol. The smallest absolute Gasteiger partial charge is 0.410 e. The first-order chi connectivity index (χ1) is 18.1. The van der Waals surface area contributed by atoms with Gasteiger partial charge in [0.2, 0.25) is 0 Å². The van der Waals surface area contributed by atoms with Gasteiger partial charge in [0.05, 0.1) is 6.61 Å². The number of methoxy groups -OCH3 is 1. The summed E-state index contributed by atoms with van der Waals surface area (Å²) >= 11 is 0. The van der Waals surface area contributed by atoms with Crippen molar-refractivity contribution >= 4 is 12.2 Å². The summed E-state index contributed by atoms with van der Waals surface area (Å²) in [6.07, 6.45) is 9.26. The van der Waals surface area contributed by atoms with Crippen LogP contribution in [0.1, 0.15) is 68.9 Å². The van der Waals surface area contributed by atoms with E-state index in [2.05, 4.69) is 29.2 Å². The number of likely N-dealkylation sites (tertiary alicyclic amines) is 1. The van der Waals surface area contributed by atoms with Gasteiger partial charge in [0.1, 0.15) is 12.7 Å². The van der Waals surface area contributed by atoms with Crippen molar-refractivity contribution in [2.24, 2.45) is 0 Å². The van der Waals surface area contributed by atoms with E-state index in [9.17, 15) is 9.59 Å². The molecule has 202 valence electrons. The SMILES string of the molecule is COCCOC(=O)N1C2CCC1CC(N1CCC3(CC1)CN(C(=O)OC1CCC1)Cc1ccccc13)C2. The number of rotatable bonds is 5. The number of hydrogen-bond donors (Lipinski definition) is 0. The summed E-state index contributed by atoms with van der Waals surface area (Å²) in [5.74, 6) is 0. The van der Waals surface area contributed by atoms with Crippen molar-refractivity contribution < 1.29 is 23.8 Å². The first kappa shape index (κ1) is 25.0. The van der Waals surface area contributed by atoms with Crippen molar-refractivity contribution in [3.05, 3.63) is 35.4 Å². The van der Waals surface area contributed by atoms with E-state index in [0.717, 1.165) is 77.4 Å². The van der Waals surface area contributed by atoms with E-state index in [0.29, 0.717) is 25.8 Å². The number of nitrogens with zero attached hydrogens (tertiary/aromatic N) is 3. The van der Waals surface area contributed by atoms with Crippen LogP contribution in [0.5, 0.6) is 0 Å². The van der Waals surface area contributed by atoms with E-state index in [-0.39, 0.29) is 35.8 Å². The van der Waals surface area contributed by atoms with Crippen LogP contribution in [0.3, 0.4) is 0 Å². The number of amides is 2. The summed E-state index contributed by atoms with van der Waals surface area (Å²) in [5.41, 5.74) is 2.69. The summed E-state index contributed by atoms with van der Waals surface area (Å²) < 4.78 is 16.3. The van der Waals surface area contributed by atoms with Crippen LogP contribution in [-0.4, -0.2) is 91.1 Å². The van der Waals surface area contributed by atoms with E-state index >= 15 is 0 Å². The van der Waals surface area contributed by atoms with Crippen molar-refractivity contribution in [1.29, 1.82) is 0 Å². The van der Waals surface area contributed by atoms with Crippen LogP contribution < -0.4 is 0 Å². The molecule has 4 aliphatic heterocycles. The summed E-state index contributed by atoms with van der Waals surface area (Å²) in [5, 5.41) is 0. The molecule has 5 aliphatic rings. The van der Waals surface area contributed by atoms with E-state index in [1.165, 1.54) is 11.1 Å². The summed E-state index contributed by atoms with van der Waals surface area (Å²) in [6, 6.07) is 9.78. The average molecular weight is 512 g/mol. The van der Waals surface area contributed by atoms with Gasteiger partial charge in [-0.05, 0) is 82.0 Å². The molecule has 2 amide bonds. The third kappa shape index (κ3) is 4.83. The summed E-state index contributed by atoms with van der Waals surface area (Å²) in [7, 11) is 1.62. The maximum atomic E-state index is 13.0. The highest BCUT2D eigenvalue weighted by atomic mass is 16.6. The van der Waals surface area contributed by atoms with Gasteiger partial charge >= 0.3 is 12.2 Å². The Kier molecular flexibility index (Phi) is 7.05. The molecule has 1 spiro atoms. The molecule has 37 heavy (non-hydrogen) atoms. The quantitative estimate of drug-likeness (QED) is 0.549. The Morgan fingerprint density at radius 3 is 2.35 bits per heavy atom. The van der Waals surface area contributed by atoms with Crippen molar-refractivity contribution in [3.63, 3.8) is 0 Å². The van der Waals surface area contributed by atoms with Crippen molar-refractivity contribution in [1.82, 2.24) is 14.7 Å². The van der Waals surface area contributed by atoms with Crippen LogP contribution in [0.25, 0.3) is 0 Å². The molecule has 0 aromatic heterocycles. The van der Waals surface area contributed by atoms with Crippen molar-refractivity contribution in [2.45, 2.75) is 94.0 Å². The molecule has 1 saturated carbocycles. The van der Waals surface area contributed by atoms with Crippen LogP contribution in [0.4, 0.5) is 9.59 Å². The fraction of sp³-hybridized carbons (Fsp3) is 0.724. The van der Waals surface area contributed by atoms with Gasteiger partial charge in [0.25, 0.3) is 0 Å². The van der Waals surface area contributed by atoms with E-state index < -0.39 is 0 Å². The van der Waals surface area contributed by atoms with Gasteiger partial charge < -0.3 is 28.9 Å². The molecule has 3 saturated heterocycles. The van der Waals surface area contributed by atoms with Gasteiger partial charge in [-0.3, -0.25) is 0 Å². The van der Waals surface area contributed by atoms with Gasteiger partial charge in [-0.25, -0.2) is 9.59 Å². The third-order valence-electron chi connectivity index (χ3n) is 9.72. The summed E-state index contributed by atoms with van der Waals surface area (Å²) in [6.45, 7) is 4.21. The lowest BCUT2D eigenvalue weighted by Gasteiger charge is -2.51. The monoisotopic (exact) mass is 511 g/mol. The predicted octanol–water partition coefficient (Wildman–Crippen LogP) is 4.30. The molecular weight excluding hydrogens is 470 g/mol. The Bertz CT molecular complexity index is 976. The molecule has 1 aromatic rings. The molecule has 1 aliphatic carbocycles. The molecule has 4 fully saturated rings. The number of carbonyl (C=O) groups excluding carboxylic acids is 2. The molecule has 2 unspecified atom stereocenters. The van der Waals surface area contributed by atoms with Crippen LogP contribution >= 0.6 is 0 Å². The molecule has 2 atom stereocenters.